The molecule has 1 N–H and O–H groups in total. The summed E-state index contributed by atoms with van der Waals surface area (Å²) in [5.41, 5.74) is 4.99. The van der Waals surface area contributed by atoms with Crippen LogP contribution in [0.4, 0.5) is 4.39 Å². The zero-order valence-electron chi connectivity index (χ0n) is 16.6. The summed E-state index contributed by atoms with van der Waals surface area (Å²) in [4.78, 5) is 17.8. The summed E-state index contributed by atoms with van der Waals surface area (Å²) in [7, 11) is 3.14. The normalized spacial score (nSPS) is 10.8. The molecule has 0 aliphatic carbocycles. The van der Waals surface area contributed by atoms with Crippen LogP contribution >= 0.6 is 0 Å². The molecule has 0 atom stereocenters. The maximum atomic E-state index is 13.4. The second-order valence-corrected chi connectivity index (χ2v) is 6.62. The Labute approximate surface area is 172 Å². The van der Waals surface area contributed by atoms with Gasteiger partial charge in [0.1, 0.15) is 5.82 Å². The molecule has 0 saturated carbocycles. The van der Waals surface area contributed by atoms with E-state index in [1.807, 2.05) is 18.2 Å². The minimum absolute atomic E-state index is 0.236. The Morgan fingerprint density at radius 1 is 0.967 bits per heavy atom. The van der Waals surface area contributed by atoms with Gasteiger partial charge in [-0.1, -0.05) is 18.2 Å². The Balaban J connectivity index is 1.77. The number of nitrogens with zero attached hydrogens (tertiary/aromatic N) is 2. The van der Waals surface area contributed by atoms with Crippen molar-refractivity contribution in [3.63, 3.8) is 0 Å². The Hall–Kier alpha value is -3.87. The molecule has 152 valence electrons. The average Bonchev–Trinajstić information content (AvgIpc) is 2.78. The van der Waals surface area contributed by atoms with Gasteiger partial charge >= 0.3 is 0 Å². The van der Waals surface area contributed by atoms with Gasteiger partial charge in [0.25, 0.3) is 5.56 Å². The van der Waals surface area contributed by atoms with E-state index in [9.17, 15) is 9.18 Å². The molecule has 7 heteroatoms. The highest BCUT2D eigenvalue weighted by atomic mass is 19.1. The number of rotatable bonds is 6. The van der Waals surface area contributed by atoms with Gasteiger partial charge in [0, 0.05) is 5.56 Å². The molecular weight excluding hydrogens is 385 g/mol. The van der Waals surface area contributed by atoms with Crippen molar-refractivity contribution >= 4 is 10.9 Å². The third-order valence-electron chi connectivity index (χ3n) is 4.77. The molecule has 0 bridgehead atoms. The second-order valence-electron chi connectivity index (χ2n) is 6.62. The molecule has 4 aromatic rings. The molecule has 0 spiro atoms. The highest BCUT2D eigenvalue weighted by Gasteiger charge is 2.13. The number of nitrogens with one attached hydrogen (secondary N) is 1. The summed E-state index contributed by atoms with van der Waals surface area (Å²) in [6.07, 6.45) is 0. The molecule has 0 aliphatic heterocycles. The van der Waals surface area contributed by atoms with Gasteiger partial charge < -0.3 is 14.9 Å². The molecule has 0 radical (unpaired) electrons. The van der Waals surface area contributed by atoms with Crippen LogP contribution in [0.5, 0.6) is 11.5 Å². The molecule has 6 nitrogen and oxygen atoms in total. The van der Waals surface area contributed by atoms with E-state index >= 15 is 0 Å². The largest absolute Gasteiger partial charge is 0.493 e. The molecule has 1 aromatic heterocycles. The van der Waals surface area contributed by atoms with Crippen LogP contribution in [0, 0.1) is 5.82 Å². The lowest BCUT2D eigenvalue weighted by Crippen LogP contribution is -2.31. The van der Waals surface area contributed by atoms with Crippen LogP contribution in [-0.2, 0) is 6.54 Å². The predicted octanol–water partition coefficient (Wildman–Crippen LogP) is 3.96. The van der Waals surface area contributed by atoms with Crippen molar-refractivity contribution in [2.24, 2.45) is 0 Å². The van der Waals surface area contributed by atoms with Crippen LogP contribution in [-0.4, -0.2) is 23.9 Å². The fourth-order valence-electron chi connectivity index (χ4n) is 3.23. The average molecular weight is 405 g/mol. The van der Waals surface area contributed by atoms with E-state index in [0.29, 0.717) is 40.3 Å². The Morgan fingerprint density at radius 3 is 2.43 bits per heavy atom. The number of ether oxygens (including phenoxy) is 2. The van der Waals surface area contributed by atoms with E-state index in [2.05, 4.69) is 10.4 Å². The first-order valence-corrected chi connectivity index (χ1v) is 9.33. The number of aromatic nitrogens is 2. The minimum Gasteiger partial charge on any atom is -0.493 e. The molecule has 0 aliphatic rings. The van der Waals surface area contributed by atoms with Crippen molar-refractivity contribution in [1.82, 2.24) is 9.66 Å². The van der Waals surface area contributed by atoms with Crippen LogP contribution in [0.3, 0.4) is 0 Å². The third kappa shape index (κ3) is 3.69. The van der Waals surface area contributed by atoms with E-state index in [1.165, 1.54) is 16.8 Å². The van der Waals surface area contributed by atoms with Crippen LogP contribution in [0.25, 0.3) is 22.3 Å². The third-order valence-corrected chi connectivity index (χ3v) is 4.77. The van der Waals surface area contributed by atoms with Gasteiger partial charge in [-0.05, 0) is 54.1 Å². The summed E-state index contributed by atoms with van der Waals surface area (Å²) in [6.45, 7) is 0.342. The van der Waals surface area contributed by atoms with Gasteiger partial charge in [-0.2, -0.15) is 0 Å². The smallest absolute Gasteiger partial charge is 0.280 e. The number of fused-ring (bicyclic) bond motifs is 1. The number of methoxy groups -OCH3 is 2. The maximum absolute atomic E-state index is 13.4. The molecule has 0 unspecified atom stereocenters. The lowest BCUT2D eigenvalue weighted by molar-refractivity contribution is 0.354. The minimum atomic E-state index is -0.355. The topological polar surface area (TPSA) is 65.4 Å². The lowest BCUT2D eigenvalue weighted by Gasteiger charge is -2.16. The van der Waals surface area contributed by atoms with Crippen molar-refractivity contribution in [2.45, 2.75) is 6.54 Å². The molecular formula is C23H20FN3O3. The Kier molecular flexibility index (Phi) is 5.34. The van der Waals surface area contributed by atoms with Gasteiger partial charge in [-0.25, -0.2) is 14.1 Å². The van der Waals surface area contributed by atoms with Crippen LogP contribution < -0.4 is 20.5 Å². The van der Waals surface area contributed by atoms with E-state index in [4.69, 9.17) is 9.47 Å². The first-order chi connectivity index (χ1) is 14.6. The Morgan fingerprint density at radius 2 is 1.70 bits per heavy atom. The summed E-state index contributed by atoms with van der Waals surface area (Å²) >= 11 is 0. The number of benzene rings is 3. The molecule has 1 heterocycles. The van der Waals surface area contributed by atoms with Crippen LogP contribution in [0.15, 0.2) is 71.5 Å². The zero-order valence-corrected chi connectivity index (χ0v) is 16.6. The highest BCUT2D eigenvalue weighted by molar-refractivity contribution is 5.79. The fraction of sp³-hybridized carbons (Fsp3) is 0.130. The van der Waals surface area contributed by atoms with E-state index in [-0.39, 0.29) is 11.4 Å². The van der Waals surface area contributed by atoms with Gasteiger partial charge in [0.05, 0.1) is 31.7 Å². The van der Waals surface area contributed by atoms with Crippen molar-refractivity contribution in [3.8, 4) is 22.9 Å². The summed E-state index contributed by atoms with van der Waals surface area (Å²) in [5.74, 6) is 1.27. The molecule has 3 aromatic carbocycles. The Bertz CT molecular complexity index is 1250. The molecule has 0 amide bonds. The number of hydrogen-bond donors (Lipinski definition) is 1. The standard InChI is InChI=1S/C23H20FN3O3/c1-29-20-12-7-15(13-21(20)30-2)14-25-27-22(16-8-10-17(24)11-9-16)26-19-6-4-3-5-18(19)23(27)28/h3-13,25H,14H2,1-2H3. The quantitative estimate of drug-likeness (QED) is 0.526. The zero-order chi connectivity index (χ0) is 21.1. The summed E-state index contributed by atoms with van der Waals surface area (Å²) in [6, 6.07) is 18.5. The van der Waals surface area contributed by atoms with Crippen molar-refractivity contribution in [1.29, 1.82) is 0 Å². The van der Waals surface area contributed by atoms with Gasteiger partial charge in [0.15, 0.2) is 17.3 Å². The molecule has 0 fully saturated rings. The van der Waals surface area contributed by atoms with E-state index < -0.39 is 0 Å². The molecule has 4 rings (SSSR count). The van der Waals surface area contributed by atoms with Gasteiger partial charge in [-0.15, -0.1) is 0 Å². The van der Waals surface area contributed by atoms with Gasteiger partial charge in [0.2, 0.25) is 0 Å². The maximum Gasteiger partial charge on any atom is 0.280 e. The van der Waals surface area contributed by atoms with Crippen LogP contribution in [0.1, 0.15) is 5.56 Å². The number of hydrogen-bond acceptors (Lipinski definition) is 5. The highest BCUT2D eigenvalue weighted by Crippen LogP contribution is 2.27. The van der Waals surface area contributed by atoms with Crippen molar-refractivity contribution < 1.29 is 13.9 Å². The molecule has 30 heavy (non-hydrogen) atoms. The first kappa shape index (κ1) is 19.4. The predicted molar refractivity (Wildman–Crippen MR) is 114 cm³/mol. The SMILES string of the molecule is COc1ccc(CNn2c(-c3ccc(F)cc3)nc3ccccc3c2=O)cc1OC. The first-order valence-electron chi connectivity index (χ1n) is 9.33. The number of halogens is 1. The lowest BCUT2D eigenvalue weighted by atomic mass is 10.2. The van der Waals surface area contributed by atoms with E-state index in [0.717, 1.165) is 5.56 Å². The summed E-state index contributed by atoms with van der Waals surface area (Å²) in [5, 5.41) is 0.489. The molecule has 0 saturated heterocycles. The summed E-state index contributed by atoms with van der Waals surface area (Å²) < 4.78 is 25.4. The number of para-hydroxylation sites is 1. The van der Waals surface area contributed by atoms with Crippen LogP contribution in [0.2, 0.25) is 0 Å². The monoisotopic (exact) mass is 405 g/mol. The van der Waals surface area contributed by atoms with Crippen molar-refractivity contribution in [3.05, 3.63) is 88.5 Å². The van der Waals surface area contributed by atoms with Crippen molar-refractivity contribution in [2.75, 3.05) is 19.6 Å². The van der Waals surface area contributed by atoms with Gasteiger partial charge in [-0.3, -0.25) is 4.79 Å². The fourth-order valence-corrected chi connectivity index (χ4v) is 3.23. The van der Waals surface area contributed by atoms with E-state index in [1.54, 1.807) is 50.6 Å². The second kappa shape index (κ2) is 8.24.